The van der Waals surface area contributed by atoms with Gasteiger partial charge in [0.15, 0.2) is 27.2 Å². The molecule has 3 N–H and O–H groups in total. The van der Waals surface area contributed by atoms with E-state index in [0.29, 0.717) is 28.0 Å². The lowest BCUT2D eigenvalue weighted by molar-refractivity contribution is -0.119. The Bertz CT molecular complexity index is 1940. The molecule has 13 heteroatoms. The summed E-state index contributed by atoms with van der Waals surface area (Å²) in [6, 6.07) is 9.88. The van der Waals surface area contributed by atoms with Gasteiger partial charge in [0.05, 0.1) is 29.4 Å². The van der Waals surface area contributed by atoms with Crippen LogP contribution in [0.3, 0.4) is 0 Å². The summed E-state index contributed by atoms with van der Waals surface area (Å²) < 4.78 is 60.9. The van der Waals surface area contributed by atoms with Crippen LogP contribution in [-0.4, -0.2) is 46.7 Å². The summed E-state index contributed by atoms with van der Waals surface area (Å²) in [5.74, 6) is -3.55. The van der Waals surface area contributed by atoms with Crippen molar-refractivity contribution in [3.05, 3.63) is 99.9 Å². The highest BCUT2D eigenvalue weighted by Gasteiger charge is 2.27. The second-order valence-electron chi connectivity index (χ2n) is 10.8. The first-order valence-corrected chi connectivity index (χ1v) is 15.4. The van der Waals surface area contributed by atoms with Gasteiger partial charge in [-0.1, -0.05) is 18.2 Å². The third-order valence-electron chi connectivity index (χ3n) is 6.88. The molecular weight excluding hydrogens is 592 g/mol. The topological polar surface area (TPSA) is 146 Å². The number of aromatic nitrogens is 3. The van der Waals surface area contributed by atoms with Gasteiger partial charge in [-0.3, -0.25) is 9.59 Å². The molecule has 2 heterocycles. The number of para-hydroxylation sites is 1. The first-order chi connectivity index (χ1) is 20.8. The highest BCUT2D eigenvalue weighted by molar-refractivity contribution is 7.91. The molecule has 2 aromatic carbocycles. The number of nitrogens with one attached hydrogen (secondary N) is 1. The van der Waals surface area contributed by atoms with Gasteiger partial charge in [0.1, 0.15) is 17.4 Å². The van der Waals surface area contributed by atoms with E-state index in [9.17, 15) is 26.8 Å². The van der Waals surface area contributed by atoms with Crippen molar-refractivity contribution in [2.45, 2.75) is 39.0 Å². The molecular formula is C31H29F2N5O5S. The molecule has 0 aliphatic heterocycles. The quantitative estimate of drug-likeness (QED) is 0.246. The molecule has 1 aliphatic rings. The molecule has 0 unspecified atom stereocenters. The highest BCUT2D eigenvalue weighted by atomic mass is 32.2. The molecule has 228 valence electrons. The van der Waals surface area contributed by atoms with E-state index in [1.807, 2.05) is 0 Å². The largest absolute Gasteiger partial charge is 0.436 e. The Kier molecular flexibility index (Phi) is 8.33. The number of sulfone groups is 1. The molecule has 44 heavy (non-hydrogen) atoms. The van der Waals surface area contributed by atoms with Crippen LogP contribution in [0.2, 0.25) is 0 Å². The van der Waals surface area contributed by atoms with Crippen molar-refractivity contribution in [1.29, 1.82) is 0 Å². The van der Waals surface area contributed by atoms with E-state index in [1.165, 1.54) is 47.4 Å². The lowest BCUT2D eigenvalue weighted by Gasteiger charge is -2.11. The molecule has 0 radical (unpaired) electrons. The fraction of sp³-hybridized carbons (Fsp3) is 0.226. The second-order valence-corrected chi connectivity index (χ2v) is 12.8. The number of halogens is 2. The summed E-state index contributed by atoms with van der Waals surface area (Å²) in [6.07, 6.45) is 4.43. The Labute approximate surface area is 252 Å². The van der Waals surface area contributed by atoms with Gasteiger partial charge in [0.2, 0.25) is 11.8 Å². The van der Waals surface area contributed by atoms with Gasteiger partial charge < -0.3 is 15.8 Å². The minimum absolute atomic E-state index is 0.0205. The zero-order valence-electron chi connectivity index (χ0n) is 24.1. The normalized spacial score (nSPS) is 12.6. The number of pyridine rings is 1. The van der Waals surface area contributed by atoms with Gasteiger partial charge in [-0.05, 0) is 61.7 Å². The number of carbonyl (C=O) groups excluding carboxylic acids is 2. The average Bonchev–Trinajstić information content (AvgIpc) is 3.52. The van der Waals surface area contributed by atoms with Crippen LogP contribution in [0, 0.1) is 18.6 Å². The van der Waals surface area contributed by atoms with E-state index in [1.54, 1.807) is 39.0 Å². The summed E-state index contributed by atoms with van der Waals surface area (Å²) in [5.41, 5.74) is 8.83. The number of hydrogen-bond acceptors (Lipinski definition) is 8. The smallest absolute Gasteiger partial charge is 0.235 e. The standard InChI is InChI=1S/C31H29F2N5O5S/c1-17(2)37-28(39)16-44(41,42)15-22-11-19-9-21(10-20(19)12-25(22)33)30(40)23-13-36-38(31(23)34)26-14-35-29(8-18(26)3)43-27-7-5-4-6-24(27)32/h4-8,10-14,17H,9,15-16,34H2,1-3H3,(H,37,39). The van der Waals surface area contributed by atoms with Gasteiger partial charge in [-0.15, -0.1) is 0 Å². The number of ether oxygens (including phenoxy) is 1. The number of nitrogens with two attached hydrogens (primary N) is 1. The van der Waals surface area contributed by atoms with Gasteiger partial charge in [0.25, 0.3) is 0 Å². The van der Waals surface area contributed by atoms with Crippen LogP contribution in [0.1, 0.15) is 46.5 Å². The Morgan fingerprint density at radius 3 is 2.57 bits per heavy atom. The summed E-state index contributed by atoms with van der Waals surface area (Å²) in [5, 5.41) is 6.78. The monoisotopic (exact) mass is 621 g/mol. The first kappa shape index (κ1) is 30.5. The van der Waals surface area contributed by atoms with Crippen molar-refractivity contribution in [2.24, 2.45) is 0 Å². The molecule has 1 amide bonds. The molecule has 0 bridgehead atoms. The number of aryl methyl sites for hydroxylation is 1. The van der Waals surface area contributed by atoms with Crippen LogP contribution in [0.5, 0.6) is 11.6 Å². The number of anilines is 1. The molecule has 0 saturated carbocycles. The van der Waals surface area contributed by atoms with Crippen molar-refractivity contribution in [1.82, 2.24) is 20.1 Å². The maximum Gasteiger partial charge on any atom is 0.235 e. The maximum absolute atomic E-state index is 14.9. The Morgan fingerprint density at radius 1 is 1.11 bits per heavy atom. The Morgan fingerprint density at radius 2 is 1.86 bits per heavy atom. The lowest BCUT2D eigenvalue weighted by Crippen LogP contribution is -2.35. The predicted octanol–water partition coefficient (Wildman–Crippen LogP) is 4.49. The SMILES string of the molecule is Cc1cc(Oc2ccccc2F)ncc1-n1ncc(C(=O)C2=Cc3cc(F)c(CS(=O)(=O)CC(=O)NC(C)C)cc3C2)c1N. The lowest BCUT2D eigenvalue weighted by atomic mass is 10.0. The third kappa shape index (κ3) is 6.52. The van der Waals surface area contributed by atoms with Gasteiger partial charge in [0, 0.05) is 29.7 Å². The number of fused-ring (bicyclic) bond motifs is 1. The molecule has 0 fully saturated rings. The number of Topliss-reactive ketones (excluding diaryl/α,β-unsaturated/α-hetero) is 1. The Balaban J connectivity index is 1.31. The molecule has 4 aromatic rings. The number of amides is 1. The number of allylic oxidation sites excluding steroid dienone is 1. The number of nitrogen functional groups attached to an aromatic ring is 1. The van der Waals surface area contributed by atoms with E-state index < -0.39 is 44.7 Å². The zero-order chi connectivity index (χ0) is 31.8. The van der Waals surface area contributed by atoms with Crippen LogP contribution < -0.4 is 15.8 Å². The van der Waals surface area contributed by atoms with Crippen LogP contribution in [0.4, 0.5) is 14.6 Å². The molecule has 1 aliphatic carbocycles. The third-order valence-corrected chi connectivity index (χ3v) is 8.33. The maximum atomic E-state index is 14.9. The van der Waals surface area contributed by atoms with Crippen LogP contribution in [-0.2, 0) is 26.8 Å². The molecule has 0 atom stereocenters. The summed E-state index contributed by atoms with van der Waals surface area (Å²) in [7, 11) is -3.94. The fourth-order valence-corrected chi connectivity index (χ4v) is 6.14. The minimum atomic E-state index is -3.94. The number of benzene rings is 2. The molecule has 2 aromatic heterocycles. The molecule has 10 nitrogen and oxygen atoms in total. The van der Waals surface area contributed by atoms with Crippen LogP contribution >= 0.6 is 0 Å². The predicted molar refractivity (Wildman–Crippen MR) is 160 cm³/mol. The van der Waals surface area contributed by atoms with Gasteiger partial charge in [-0.25, -0.2) is 26.9 Å². The van der Waals surface area contributed by atoms with Crippen LogP contribution in [0.15, 0.2) is 60.4 Å². The van der Waals surface area contributed by atoms with E-state index >= 15 is 0 Å². The number of hydrogen-bond donors (Lipinski definition) is 2. The van der Waals surface area contributed by atoms with Crippen molar-refractivity contribution < 1.29 is 31.5 Å². The van der Waals surface area contributed by atoms with E-state index in [2.05, 4.69) is 15.4 Å². The van der Waals surface area contributed by atoms with Gasteiger partial charge in [-0.2, -0.15) is 5.10 Å². The molecule has 5 rings (SSSR count). The van der Waals surface area contributed by atoms with E-state index in [0.717, 1.165) is 0 Å². The number of rotatable bonds is 10. The van der Waals surface area contributed by atoms with E-state index in [-0.39, 0.29) is 41.0 Å². The zero-order valence-corrected chi connectivity index (χ0v) is 24.9. The molecule has 0 saturated heterocycles. The summed E-state index contributed by atoms with van der Waals surface area (Å²) in [4.78, 5) is 29.6. The summed E-state index contributed by atoms with van der Waals surface area (Å²) >= 11 is 0. The van der Waals surface area contributed by atoms with Crippen molar-refractivity contribution in [3.63, 3.8) is 0 Å². The first-order valence-electron chi connectivity index (χ1n) is 13.6. The molecule has 0 spiro atoms. The number of nitrogens with zero attached hydrogens (tertiary/aromatic N) is 3. The van der Waals surface area contributed by atoms with Crippen molar-refractivity contribution >= 4 is 33.4 Å². The van der Waals surface area contributed by atoms with E-state index in [4.69, 9.17) is 10.5 Å². The van der Waals surface area contributed by atoms with Crippen LogP contribution in [0.25, 0.3) is 11.8 Å². The van der Waals surface area contributed by atoms with Gasteiger partial charge >= 0.3 is 0 Å². The van der Waals surface area contributed by atoms with Crippen molar-refractivity contribution in [2.75, 3.05) is 11.5 Å². The number of ketones is 1. The fourth-order valence-electron chi connectivity index (χ4n) is 4.86. The minimum Gasteiger partial charge on any atom is -0.436 e. The number of carbonyl (C=O) groups is 2. The average molecular weight is 622 g/mol. The Hall–Kier alpha value is -4.91. The second kappa shape index (κ2) is 12.0. The van der Waals surface area contributed by atoms with Crippen molar-refractivity contribution in [3.8, 4) is 17.3 Å². The highest BCUT2D eigenvalue weighted by Crippen LogP contribution is 2.32. The summed E-state index contributed by atoms with van der Waals surface area (Å²) in [6.45, 7) is 5.17.